The van der Waals surface area contributed by atoms with E-state index in [0.717, 1.165) is 17.7 Å². The number of rotatable bonds is 7. The number of fused-ring (bicyclic) bond motifs is 3. The zero-order valence-corrected chi connectivity index (χ0v) is 19.9. The van der Waals surface area contributed by atoms with Gasteiger partial charge in [-0.25, -0.2) is 8.42 Å². The Morgan fingerprint density at radius 3 is 2.60 bits per heavy atom. The Kier molecular flexibility index (Phi) is 5.94. The highest BCUT2D eigenvalue weighted by Crippen LogP contribution is 2.51. The zero-order chi connectivity index (χ0) is 24.6. The summed E-state index contributed by atoms with van der Waals surface area (Å²) in [6.45, 7) is 2.41. The Bertz CT molecular complexity index is 1400. The normalized spacial score (nSPS) is 20.4. The Labute approximate surface area is 203 Å². The van der Waals surface area contributed by atoms with Crippen LogP contribution in [0.4, 0.5) is 17.1 Å². The van der Waals surface area contributed by atoms with Crippen molar-refractivity contribution in [3.05, 3.63) is 100 Å². The Balaban J connectivity index is 1.46. The molecule has 3 aromatic rings. The van der Waals surface area contributed by atoms with E-state index >= 15 is 0 Å². The van der Waals surface area contributed by atoms with Crippen LogP contribution in [0.5, 0.6) is 5.75 Å². The number of hydrogen-bond acceptors (Lipinski definition) is 6. The molecule has 180 valence electrons. The highest BCUT2D eigenvalue weighted by Gasteiger charge is 2.40. The number of para-hydroxylation sites is 1. The number of nitrogens with zero attached hydrogens (tertiary/aromatic N) is 1. The molecule has 0 spiro atoms. The fourth-order valence-electron chi connectivity index (χ4n) is 4.96. The Morgan fingerprint density at radius 1 is 1.09 bits per heavy atom. The summed E-state index contributed by atoms with van der Waals surface area (Å²) in [5, 5.41) is 15.1. The van der Waals surface area contributed by atoms with Crippen molar-refractivity contribution in [1.29, 1.82) is 0 Å². The molecule has 35 heavy (non-hydrogen) atoms. The summed E-state index contributed by atoms with van der Waals surface area (Å²) >= 11 is 0. The summed E-state index contributed by atoms with van der Waals surface area (Å²) in [6.07, 6.45) is 4.88. The minimum atomic E-state index is -3.82. The van der Waals surface area contributed by atoms with Crippen LogP contribution in [0.15, 0.2) is 83.8 Å². The van der Waals surface area contributed by atoms with Gasteiger partial charge in [0.25, 0.3) is 15.7 Å². The number of sulfonamides is 1. The summed E-state index contributed by atoms with van der Waals surface area (Å²) in [6, 6.07) is 18.3. The van der Waals surface area contributed by atoms with E-state index in [1.54, 1.807) is 60.7 Å². The van der Waals surface area contributed by atoms with E-state index in [2.05, 4.69) is 22.2 Å². The van der Waals surface area contributed by atoms with Crippen LogP contribution >= 0.6 is 0 Å². The fraction of sp³-hybridized carbons (Fsp3) is 0.231. The second kappa shape index (κ2) is 9.07. The van der Waals surface area contributed by atoms with Crippen molar-refractivity contribution in [1.82, 2.24) is 0 Å². The van der Waals surface area contributed by atoms with E-state index in [4.69, 9.17) is 4.74 Å². The van der Waals surface area contributed by atoms with Crippen LogP contribution in [0.2, 0.25) is 0 Å². The number of hydrogen-bond donors (Lipinski definition) is 2. The summed E-state index contributed by atoms with van der Waals surface area (Å²) in [5.74, 6) is 0.667. The second-order valence-electron chi connectivity index (χ2n) is 8.60. The van der Waals surface area contributed by atoms with Crippen molar-refractivity contribution < 1.29 is 18.1 Å². The number of benzene rings is 3. The van der Waals surface area contributed by atoms with Crippen molar-refractivity contribution in [2.45, 2.75) is 30.2 Å². The molecule has 0 amide bonds. The minimum absolute atomic E-state index is 0.0422. The molecule has 1 heterocycles. The molecule has 0 fully saturated rings. The summed E-state index contributed by atoms with van der Waals surface area (Å²) < 4.78 is 34.3. The van der Waals surface area contributed by atoms with Crippen LogP contribution in [-0.4, -0.2) is 19.9 Å². The molecule has 0 saturated carbocycles. The number of nitro groups is 1. The second-order valence-corrected chi connectivity index (χ2v) is 10.3. The fourth-order valence-corrected chi connectivity index (χ4v) is 6.06. The molecule has 1 aliphatic heterocycles. The first-order valence-corrected chi connectivity index (χ1v) is 12.9. The number of ether oxygens (including phenoxy) is 1. The molecule has 0 saturated heterocycles. The van der Waals surface area contributed by atoms with Crippen molar-refractivity contribution in [2.75, 3.05) is 16.6 Å². The molecule has 2 N–H and O–H groups in total. The highest BCUT2D eigenvalue weighted by atomic mass is 32.2. The largest absolute Gasteiger partial charge is 0.494 e. The van der Waals surface area contributed by atoms with Gasteiger partial charge in [0, 0.05) is 23.4 Å². The molecule has 2 aliphatic rings. The van der Waals surface area contributed by atoms with Gasteiger partial charge in [0.05, 0.1) is 28.0 Å². The summed E-state index contributed by atoms with van der Waals surface area (Å²) in [7, 11) is -3.82. The lowest BCUT2D eigenvalue weighted by Crippen LogP contribution is -2.30. The van der Waals surface area contributed by atoms with Crippen molar-refractivity contribution >= 4 is 27.1 Å². The molecule has 9 heteroatoms. The number of allylic oxidation sites excluding steroid dienone is 2. The lowest BCUT2D eigenvalue weighted by atomic mass is 9.76. The molecule has 3 aromatic carbocycles. The van der Waals surface area contributed by atoms with Gasteiger partial charge < -0.3 is 10.1 Å². The molecule has 0 aromatic heterocycles. The van der Waals surface area contributed by atoms with Crippen molar-refractivity contribution in [2.24, 2.45) is 5.92 Å². The van der Waals surface area contributed by atoms with E-state index in [1.165, 1.54) is 6.07 Å². The van der Waals surface area contributed by atoms with Crippen LogP contribution in [0.25, 0.3) is 0 Å². The van der Waals surface area contributed by atoms with Gasteiger partial charge >= 0.3 is 0 Å². The standard InChI is InChI=1S/C26H25N3O5S/c1-2-34-18-12-10-17(11-13-18)28-35(32,33)19-14-15-24-23(16-19)20-7-5-8-21(20)26(27-24)22-6-3-4-9-25(22)29(30)31/h3-7,9-16,20-21,26-28H,2,8H2,1H3/t20-,21+,26-/m0/s1. The maximum atomic E-state index is 13.1. The van der Waals surface area contributed by atoms with Crippen LogP contribution < -0.4 is 14.8 Å². The van der Waals surface area contributed by atoms with Gasteiger partial charge in [-0.3, -0.25) is 14.8 Å². The highest BCUT2D eigenvalue weighted by molar-refractivity contribution is 7.92. The van der Waals surface area contributed by atoms with Gasteiger partial charge in [-0.2, -0.15) is 0 Å². The van der Waals surface area contributed by atoms with E-state index in [0.29, 0.717) is 23.6 Å². The smallest absolute Gasteiger partial charge is 0.274 e. The molecule has 0 unspecified atom stereocenters. The van der Waals surface area contributed by atoms with Gasteiger partial charge in [0.2, 0.25) is 0 Å². The molecule has 3 atom stereocenters. The molecular weight excluding hydrogens is 466 g/mol. The van der Waals surface area contributed by atoms with Crippen molar-refractivity contribution in [3.63, 3.8) is 0 Å². The maximum Gasteiger partial charge on any atom is 0.274 e. The lowest BCUT2D eigenvalue weighted by molar-refractivity contribution is -0.385. The van der Waals surface area contributed by atoms with Crippen LogP contribution in [0.1, 0.15) is 36.4 Å². The quantitative estimate of drug-likeness (QED) is 0.252. The first-order chi connectivity index (χ1) is 16.9. The molecular formula is C26H25N3O5S. The van der Waals surface area contributed by atoms with E-state index in [-0.39, 0.29) is 33.4 Å². The first kappa shape index (κ1) is 22.9. The number of nitro benzene ring substituents is 1. The lowest BCUT2D eigenvalue weighted by Gasteiger charge is -2.37. The number of nitrogens with one attached hydrogen (secondary N) is 2. The van der Waals surface area contributed by atoms with Crippen LogP contribution in [0, 0.1) is 16.0 Å². The first-order valence-electron chi connectivity index (χ1n) is 11.4. The van der Waals surface area contributed by atoms with Crippen LogP contribution in [-0.2, 0) is 10.0 Å². The van der Waals surface area contributed by atoms with Gasteiger partial charge in [-0.15, -0.1) is 0 Å². The van der Waals surface area contributed by atoms with E-state index < -0.39 is 10.0 Å². The topological polar surface area (TPSA) is 111 Å². The minimum Gasteiger partial charge on any atom is -0.494 e. The van der Waals surface area contributed by atoms with Gasteiger partial charge in [0.1, 0.15) is 5.75 Å². The predicted octanol–water partition coefficient (Wildman–Crippen LogP) is 5.62. The third-order valence-corrected chi connectivity index (χ3v) is 7.91. The monoisotopic (exact) mass is 491 g/mol. The van der Waals surface area contributed by atoms with Gasteiger partial charge in [-0.1, -0.05) is 30.4 Å². The predicted molar refractivity (Wildman–Crippen MR) is 134 cm³/mol. The Morgan fingerprint density at radius 2 is 1.86 bits per heavy atom. The molecule has 8 nitrogen and oxygen atoms in total. The SMILES string of the molecule is CCOc1ccc(NS(=O)(=O)c2ccc3c(c2)[C@H]2C=CC[C@H]2[C@@H](c2ccccc2[N+](=O)[O-])N3)cc1. The van der Waals surface area contributed by atoms with Crippen molar-refractivity contribution in [3.8, 4) is 5.75 Å². The van der Waals surface area contributed by atoms with E-state index in [1.807, 2.05) is 6.92 Å². The third-order valence-electron chi connectivity index (χ3n) is 6.53. The van der Waals surface area contributed by atoms with E-state index in [9.17, 15) is 18.5 Å². The van der Waals surface area contributed by atoms with Gasteiger partial charge in [-0.05, 0) is 67.3 Å². The maximum absolute atomic E-state index is 13.1. The number of anilines is 2. The molecule has 5 rings (SSSR count). The average Bonchev–Trinajstić information content (AvgIpc) is 3.35. The zero-order valence-electron chi connectivity index (χ0n) is 19.0. The molecule has 0 bridgehead atoms. The summed E-state index contributed by atoms with van der Waals surface area (Å²) in [4.78, 5) is 11.4. The average molecular weight is 492 g/mol. The Hall–Kier alpha value is -3.85. The summed E-state index contributed by atoms with van der Waals surface area (Å²) in [5.41, 5.74) is 2.81. The van der Waals surface area contributed by atoms with Crippen LogP contribution in [0.3, 0.4) is 0 Å². The third kappa shape index (κ3) is 4.35. The molecule has 1 aliphatic carbocycles. The molecule has 0 radical (unpaired) electrons. The van der Waals surface area contributed by atoms with Gasteiger partial charge in [0.15, 0.2) is 0 Å².